The van der Waals surface area contributed by atoms with Crippen molar-refractivity contribution in [3.05, 3.63) is 29.3 Å². The highest BCUT2D eigenvalue weighted by Gasteiger charge is 2.50. The van der Waals surface area contributed by atoms with E-state index < -0.39 is 44.1 Å². The van der Waals surface area contributed by atoms with Gasteiger partial charge in [-0.25, -0.2) is 0 Å². The molecular weight excluding hydrogens is 354 g/mol. The molecule has 4 nitrogen and oxygen atoms in total. The van der Waals surface area contributed by atoms with Crippen LogP contribution in [0.2, 0.25) is 0 Å². The molecule has 0 amide bonds. The van der Waals surface area contributed by atoms with Crippen molar-refractivity contribution in [1.82, 2.24) is 0 Å². The van der Waals surface area contributed by atoms with Gasteiger partial charge in [0.2, 0.25) is 0 Å². The molecule has 0 aliphatic heterocycles. The van der Waals surface area contributed by atoms with Gasteiger partial charge in [0, 0.05) is 0 Å². The minimum atomic E-state index is -6.04. The van der Waals surface area contributed by atoms with E-state index in [-0.39, 0.29) is 6.29 Å². The lowest BCUT2D eigenvalue weighted by atomic mass is 9.83. The Balaban J connectivity index is 3.35. The van der Waals surface area contributed by atoms with Crippen LogP contribution in [-0.4, -0.2) is 26.4 Å². The molecule has 0 aliphatic carbocycles. The molecule has 1 rings (SSSR count). The number of alkyl halides is 6. The number of hydrogen-bond donors (Lipinski definition) is 0. The van der Waals surface area contributed by atoms with Crippen molar-refractivity contribution in [3.8, 4) is 5.75 Å². The van der Waals surface area contributed by atoms with Gasteiger partial charge in [-0.2, -0.15) is 34.8 Å². The van der Waals surface area contributed by atoms with Gasteiger partial charge in [0.1, 0.15) is 0 Å². The Kier molecular flexibility index (Phi) is 4.77. The summed E-state index contributed by atoms with van der Waals surface area (Å²) in [6.07, 6.45) is -4.80. The highest BCUT2D eigenvalue weighted by molar-refractivity contribution is 7.88. The Hall–Kier alpha value is -1.78. The first-order valence-electron chi connectivity index (χ1n) is 5.80. The van der Waals surface area contributed by atoms with Crippen molar-refractivity contribution in [1.29, 1.82) is 0 Å². The third-order valence-corrected chi connectivity index (χ3v) is 4.02. The van der Waals surface area contributed by atoms with Crippen LogP contribution in [0.5, 0.6) is 5.75 Å². The van der Waals surface area contributed by atoms with E-state index in [1.54, 1.807) is 0 Å². The Bertz CT molecular complexity index is 703. The third kappa shape index (κ3) is 3.77. The fraction of sp³-hybridized carbons (Fsp3) is 0.417. The minimum Gasteiger partial charge on any atom is -0.375 e. The summed E-state index contributed by atoms with van der Waals surface area (Å²) in [5, 5.41) is 0. The number of carbonyl (C=O) groups excluding carboxylic acids is 1. The van der Waals surface area contributed by atoms with E-state index in [1.165, 1.54) is 0 Å². The molecule has 0 aromatic heterocycles. The summed E-state index contributed by atoms with van der Waals surface area (Å²) in [5.41, 5.74) is -9.35. The van der Waals surface area contributed by atoms with Crippen molar-refractivity contribution in [3.63, 3.8) is 0 Å². The highest BCUT2D eigenvalue weighted by Crippen LogP contribution is 2.41. The first-order valence-corrected chi connectivity index (χ1v) is 7.21. The average Bonchev–Trinajstić information content (AvgIpc) is 2.35. The molecule has 130 valence electrons. The molecule has 0 bridgehead atoms. The zero-order chi connectivity index (χ0) is 18.3. The summed E-state index contributed by atoms with van der Waals surface area (Å²) in [6.45, 7) is 1.59. The monoisotopic (exact) mass is 364 g/mol. The fourth-order valence-corrected chi connectivity index (χ4v) is 1.92. The maximum absolute atomic E-state index is 12.9. The SMILES string of the molecule is CC(C)(c1ccc(OS(=O)(=O)C(F)(F)F)c(C=O)c1)C(F)(F)F. The van der Waals surface area contributed by atoms with Crippen LogP contribution in [0.3, 0.4) is 0 Å². The summed E-state index contributed by atoms with van der Waals surface area (Å²) in [7, 11) is -6.04. The molecule has 0 fully saturated rings. The number of halogens is 6. The standard InChI is InChI=1S/C12H10F6O4S/c1-10(2,11(13,14)15)8-3-4-9(7(5-8)6-19)22-23(20,21)12(16,17)18/h3-6H,1-2H3. The van der Waals surface area contributed by atoms with E-state index in [0.717, 1.165) is 19.9 Å². The second-order valence-electron chi connectivity index (χ2n) is 4.98. The molecule has 0 saturated carbocycles. The molecule has 1 aromatic carbocycles. The van der Waals surface area contributed by atoms with E-state index in [0.29, 0.717) is 12.1 Å². The minimum absolute atomic E-state index is 0.100. The maximum Gasteiger partial charge on any atom is 0.534 e. The zero-order valence-electron chi connectivity index (χ0n) is 11.6. The van der Waals surface area contributed by atoms with Crippen LogP contribution in [0.4, 0.5) is 26.3 Å². The van der Waals surface area contributed by atoms with Crippen LogP contribution in [0.1, 0.15) is 29.8 Å². The second-order valence-corrected chi connectivity index (χ2v) is 6.51. The molecule has 0 saturated heterocycles. The summed E-state index contributed by atoms with van der Waals surface area (Å²) in [4.78, 5) is 10.9. The predicted molar refractivity (Wildman–Crippen MR) is 66.5 cm³/mol. The lowest BCUT2D eigenvalue weighted by molar-refractivity contribution is -0.180. The summed E-state index contributed by atoms with van der Waals surface area (Å²) < 4.78 is 101. The summed E-state index contributed by atoms with van der Waals surface area (Å²) in [5.74, 6) is -1.01. The Morgan fingerprint density at radius 1 is 1.04 bits per heavy atom. The molecule has 23 heavy (non-hydrogen) atoms. The van der Waals surface area contributed by atoms with Crippen LogP contribution in [0.15, 0.2) is 18.2 Å². The topological polar surface area (TPSA) is 60.4 Å². The molecule has 11 heteroatoms. The third-order valence-electron chi connectivity index (χ3n) is 3.05. The number of aldehydes is 1. The largest absolute Gasteiger partial charge is 0.534 e. The number of benzene rings is 1. The van der Waals surface area contributed by atoms with Gasteiger partial charge >= 0.3 is 21.8 Å². The molecule has 0 aliphatic rings. The zero-order valence-corrected chi connectivity index (χ0v) is 12.4. The van der Waals surface area contributed by atoms with E-state index >= 15 is 0 Å². The van der Waals surface area contributed by atoms with Gasteiger partial charge in [0.25, 0.3) is 0 Å². The first-order chi connectivity index (χ1) is 10.1. The Morgan fingerprint density at radius 3 is 1.96 bits per heavy atom. The van der Waals surface area contributed by atoms with Crippen molar-refractivity contribution < 1.29 is 43.7 Å². The fourth-order valence-electron chi connectivity index (χ4n) is 1.43. The van der Waals surface area contributed by atoms with Gasteiger partial charge in [-0.15, -0.1) is 0 Å². The number of hydrogen-bond acceptors (Lipinski definition) is 4. The van der Waals surface area contributed by atoms with E-state index in [1.807, 2.05) is 0 Å². The van der Waals surface area contributed by atoms with Gasteiger partial charge in [0.05, 0.1) is 11.0 Å². The summed E-state index contributed by atoms with van der Waals surface area (Å²) >= 11 is 0. The molecule has 0 radical (unpaired) electrons. The van der Waals surface area contributed by atoms with Gasteiger partial charge in [-0.05, 0) is 31.5 Å². The Labute approximate surface area is 127 Å². The molecular formula is C12H10F6O4S. The van der Waals surface area contributed by atoms with E-state index in [2.05, 4.69) is 4.18 Å². The van der Waals surface area contributed by atoms with E-state index in [4.69, 9.17) is 0 Å². The van der Waals surface area contributed by atoms with Crippen LogP contribution in [-0.2, 0) is 15.5 Å². The van der Waals surface area contributed by atoms with Gasteiger partial charge in [-0.3, -0.25) is 4.79 Å². The molecule has 0 N–H and O–H groups in total. The van der Waals surface area contributed by atoms with Crippen LogP contribution < -0.4 is 4.18 Å². The first kappa shape index (κ1) is 19.3. The van der Waals surface area contributed by atoms with Gasteiger partial charge in [0.15, 0.2) is 12.0 Å². The van der Waals surface area contributed by atoms with Crippen molar-refractivity contribution in [2.75, 3.05) is 0 Å². The number of carbonyl (C=O) groups is 1. The quantitative estimate of drug-likeness (QED) is 0.355. The van der Waals surface area contributed by atoms with Gasteiger partial charge in [-0.1, -0.05) is 6.07 Å². The maximum atomic E-state index is 12.9. The predicted octanol–water partition coefficient (Wildman–Crippen LogP) is 3.57. The molecule has 1 aromatic rings. The van der Waals surface area contributed by atoms with Crippen LogP contribution in [0, 0.1) is 0 Å². The van der Waals surface area contributed by atoms with Crippen molar-refractivity contribution in [2.45, 2.75) is 30.9 Å². The molecule has 0 atom stereocenters. The number of rotatable bonds is 4. The smallest absolute Gasteiger partial charge is 0.375 e. The van der Waals surface area contributed by atoms with E-state index in [9.17, 15) is 39.6 Å². The second kappa shape index (κ2) is 5.69. The molecule has 0 unspecified atom stereocenters. The highest BCUT2D eigenvalue weighted by atomic mass is 32.2. The van der Waals surface area contributed by atoms with Crippen LogP contribution >= 0.6 is 0 Å². The lowest BCUT2D eigenvalue weighted by Gasteiger charge is -2.28. The van der Waals surface area contributed by atoms with Crippen molar-refractivity contribution in [2.24, 2.45) is 0 Å². The lowest BCUT2D eigenvalue weighted by Crippen LogP contribution is -2.36. The Morgan fingerprint density at radius 2 is 1.57 bits per heavy atom. The van der Waals surface area contributed by atoms with Gasteiger partial charge < -0.3 is 4.18 Å². The normalized spacial score (nSPS) is 13.7. The average molecular weight is 364 g/mol. The van der Waals surface area contributed by atoms with Crippen LogP contribution in [0.25, 0.3) is 0 Å². The van der Waals surface area contributed by atoms with Crippen molar-refractivity contribution >= 4 is 16.4 Å². The molecule has 0 spiro atoms. The summed E-state index contributed by atoms with van der Waals surface area (Å²) in [6, 6.07) is 1.93. The molecule has 0 heterocycles.